The van der Waals surface area contributed by atoms with Crippen molar-refractivity contribution in [3.63, 3.8) is 0 Å². The molecule has 0 atom stereocenters. The van der Waals surface area contributed by atoms with Crippen LogP contribution in [-0.2, 0) is 4.79 Å². The number of carbonyl (C=O) groups is 2. The van der Waals surface area contributed by atoms with Gasteiger partial charge in [-0.25, -0.2) is 0 Å². The van der Waals surface area contributed by atoms with Crippen LogP contribution in [0.4, 0.5) is 0 Å². The molecular weight excluding hydrogens is 380 g/mol. The fraction of sp³-hybridized carbons (Fsp3) is 0.0500. The Labute approximate surface area is 166 Å². The highest BCUT2D eigenvalue weighted by molar-refractivity contribution is 8.26. The average molecular weight is 396 g/mol. The van der Waals surface area contributed by atoms with Gasteiger partial charge in [-0.3, -0.25) is 15.0 Å². The summed E-state index contributed by atoms with van der Waals surface area (Å²) >= 11 is 6.36. The van der Waals surface area contributed by atoms with Gasteiger partial charge in [0, 0.05) is 5.56 Å². The van der Waals surface area contributed by atoms with Crippen molar-refractivity contribution in [3.05, 3.63) is 82.8 Å². The van der Waals surface area contributed by atoms with Crippen LogP contribution >= 0.6 is 24.0 Å². The molecule has 1 fully saturated rings. The molecule has 0 aliphatic carbocycles. The summed E-state index contributed by atoms with van der Waals surface area (Å²) in [5.41, 5.74) is 3.97. The van der Waals surface area contributed by atoms with Crippen LogP contribution in [0.15, 0.2) is 71.7 Å². The third kappa shape index (κ3) is 4.64. The highest BCUT2D eigenvalue weighted by Gasteiger charge is 2.33. The first-order chi connectivity index (χ1) is 13.1. The van der Waals surface area contributed by atoms with Crippen molar-refractivity contribution in [3.8, 4) is 5.75 Å². The fourth-order valence-electron chi connectivity index (χ4n) is 2.30. The standard InChI is InChI=1S/C20H16N2O3S2/c1-25-16-12-10-15(11-13-16)18(23)21-22-19(24)17(27-20(22)26)9-5-8-14-6-3-2-4-7-14/h2-13H,1H3,(H,21,23)/b8-5-,17-9+. The Kier molecular flexibility index (Phi) is 6.05. The quantitative estimate of drug-likeness (QED) is 0.615. The number of hydrogen-bond donors (Lipinski definition) is 1. The van der Waals surface area contributed by atoms with E-state index in [0.29, 0.717) is 16.2 Å². The second kappa shape index (κ2) is 8.66. The van der Waals surface area contributed by atoms with Crippen LogP contribution in [0.25, 0.3) is 6.08 Å². The van der Waals surface area contributed by atoms with Gasteiger partial charge in [0.2, 0.25) is 0 Å². The maximum Gasteiger partial charge on any atom is 0.285 e. The van der Waals surface area contributed by atoms with Crippen molar-refractivity contribution in [2.45, 2.75) is 0 Å². The molecule has 0 unspecified atom stereocenters. The molecule has 1 N–H and O–H groups in total. The maximum absolute atomic E-state index is 12.5. The van der Waals surface area contributed by atoms with Gasteiger partial charge in [0.05, 0.1) is 12.0 Å². The number of carbonyl (C=O) groups excluding carboxylic acids is 2. The Hall–Kier alpha value is -2.90. The Morgan fingerprint density at radius 3 is 2.52 bits per heavy atom. The second-order valence-corrected chi connectivity index (χ2v) is 7.15. The maximum atomic E-state index is 12.5. The molecule has 0 bridgehead atoms. The van der Waals surface area contributed by atoms with Gasteiger partial charge in [0.25, 0.3) is 11.8 Å². The van der Waals surface area contributed by atoms with E-state index in [1.165, 1.54) is 0 Å². The minimum absolute atomic E-state index is 0.279. The number of methoxy groups -OCH3 is 1. The van der Waals surface area contributed by atoms with E-state index in [2.05, 4.69) is 5.43 Å². The van der Waals surface area contributed by atoms with Crippen molar-refractivity contribution >= 4 is 46.2 Å². The predicted octanol–water partition coefficient (Wildman–Crippen LogP) is 3.80. The van der Waals surface area contributed by atoms with Crippen molar-refractivity contribution < 1.29 is 14.3 Å². The molecular formula is C20H16N2O3S2. The van der Waals surface area contributed by atoms with E-state index in [1.54, 1.807) is 43.5 Å². The van der Waals surface area contributed by atoms with Crippen molar-refractivity contribution in [2.75, 3.05) is 7.11 Å². The lowest BCUT2D eigenvalue weighted by molar-refractivity contribution is -0.123. The van der Waals surface area contributed by atoms with Gasteiger partial charge >= 0.3 is 0 Å². The van der Waals surface area contributed by atoms with E-state index in [0.717, 1.165) is 22.3 Å². The van der Waals surface area contributed by atoms with Gasteiger partial charge in [-0.15, -0.1) is 0 Å². The molecule has 1 heterocycles. The van der Waals surface area contributed by atoms with Gasteiger partial charge in [-0.2, -0.15) is 5.01 Å². The molecule has 0 radical (unpaired) electrons. The van der Waals surface area contributed by atoms with Gasteiger partial charge in [-0.05, 0) is 48.1 Å². The summed E-state index contributed by atoms with van der Waals surface area (Å²) in [4.78, 5) is 25.3. The highest BCUT2D eigenvalue weighted by Crippen LogP contribution is 2.29. The summed E-state index contributed by atoms with van der Waals surface area (Å²) in [6.45, 7) is 0. The number of benzene rings is 2. The Morgan fingerprint density at radius 1 is 1.15 bits per heavy atom. The van der Waals surface area contributed by atoms with Crippen molar-refractivity contribution in [1.29, 1.82) is 0 Å². The molecule has 0 aromatic heterocycles. The third-order valence-corrected chi connectivity index (χ3v) is 5.02. The van der Waals surface area contributed by atoms with E-state index in [9.17, 15) is 9.59 Å². The van der Waals surface area contributed by atoms with Crippen LogP contribution in [0.1, 0.15) is 15.9 Å². The second-order valence-electron chi connectivity index (χ2n) is 5.48. The Balaban J connectivity index is 1.67. The summed E-state index contributed by atoms with van der Waals surface area (Å²) in [7, 11) is 1.55. The molecule has 3 rings (SSSR count). The minimum Gasteiger partial charge on any atom is -0.497 e. The monoisotopic (exact) mass is 396 g/mol. The molecule has 2 amide bonds. The van der Waals surface area contributed by atoms with Crippen molar-refractivity contribution in [1.82, 2.24) is 10.4 Å². The molecule has 27 heavy (non-hydrogen) atoms. The zero-order valence-corrected chi connectivity index (χ0v) is 16.0. The number of nitrogens with one attached hydrogen (secondary N) is 1. The summed E-state index contributed by atoms with van der Waals surface area (Å²) in [5.74, 6) is -0.134. The molecule has 2 aromatic carbocycles. The number of allylic oxidation sites excluding steroid dienone is 2. The number of rotatable bonds is 5. The summed E-state index contributed by atoms with van der Waals surface area (Å²) in [5, 5.41) is 1.09. The number of nitrogens with zero attached hydrogens (tertiary/aromatic N) is 1. The Bertz CT molecular complexity index is 922. The van der Waals surface area contributed by atoms with E-state index in [1.807, 2.05) is 36.4 Å². The van der Waals surface area contributed by atoms with Gasteiger partial charge in [0.1, 0.15) is 5.75 Å². The lowest BCUT2D eigenvalue weighted by atomic mass is 10.2. The fourth-order valence-corrected chi connectivity index (χ4v) is 3.43. The van der Waals surface area contributed by atoms with Crippen molar-refractivity contribution in [2.24, 2.45) is 0 Å². The van der Waals surface area contributed by atoms with Crippen LogP contribution < -0.4 is 10.2 Å². The lowest BCUT2D eigenvalue weighted by Crippen LogP contribution is -2.44. The summed E-state index contributed by atoms with van der Waals surface area (Å²) in [6.07, 6.45) is 5.36. The number of hydrazine groups is 1. The topological polar surface area (TPSA) is 58.6 Å². The normalized spacial score (nSPS) is 15.6. The molecule has 7 heteroatoms. The molecule has 1 aliphatic heterocycles. The van der Waals surface area contributed by atoms with Gasteiger partial charge in [0.15, 0.2) is 4.32 Å². The lowest BCUT2D eigenvalue weighted by Gasteiger charge is -2.15. The number of thiocarbonyl (C=S) groups is 1. The number of amides is 2. The molecule has 136 valence electrons. The molecule has 0 spiro atoms. The number of thioether (sulfide) groups is 1. The van der Waals surface area contributed by atoms with E-state index in [4.69, 9.17) is 17.0 Å². The SMILES string of the molecule is COc1ccc(C(=O)NN2C(=O)/C(=C\C=C/c3ccccc3)SC2=S)cc1. The molecule has 2 aromatic rings. The zero-order valence-electron chi connectivity index (χ0n) is 14.4. The zero-order chi connectivity index (χ0) is 19.2. The molecule has 0 saturated carbocycles. The minimum atomic E-state index is -0.421. The van der Waals surface area contributed by atoms with E-state index >= 15 is 0 Å². The first-order valence-corrected chi connectivity index (χ1v) is 9.25. The Morgan fingerprint density at radius 2 is 1.85 bits per heavy atom. The van der Waals surface area contributed by atoms with Crippen LogP contribution in [0.5, 0.6) is 5.75 Å². The van der Waals surface area contributed by atoms with Crippen LogP contribution in [0.3, 0.4) is 0 Å². The van der Waals surface area contributed by atoms with Crippen LogP contribution in [0, 0.1) is 0 Å². The van der Waals surface area contributed by atoms with Gasteiger partial charge < -0.3 is 4.74 Å². The summed E-state index contributed by atoms with van der Waals surface area (Å²) < 4.78 is 5.34. The number of hydrogen-bond acceptors (Lipinski definition) is 5. The van der Waals surface area contributed by atoms with Crippen LogP contribution in [-0.4, -0.2) is 28.3 Å². The summed E-state index contributed by atoms with van der Waals surface area (Å²) in [6, 6.07) is 16.3. The van der Waals surface area contributed by atoms with Gasteiger partial charge in [-0.1, -0.05) is 54.2 Å². The average Bonchev–Trinajstić information content (AvgIpc) is 2.96. The first kappa shape index (κ1) is 18.9. The first-order valence-electron chi connectivity index (χ1n) is 8.03. The van der Waals surface area contributed by atoms with Crippen LogP contribution in [0.2, 0.25) is 0 Å². The largest absolute Gasteiger partial charge is 0.497 e. The molecule has 5 nitrogen and oxygen atoms in total. The third-order valence-electron chi connectivity index (χ3n) is 3.70. The molecule has 1 aliphatic rings. The van der Waals surface area contributed by atoms with E-state index < -0.39 is 5.91 Å². The predicted molar refractivity (Wildman–Crippen MR) is 111 cm³/mol. The molecule has 1 saturated heterocycles. The van der Waals surface area contributed by atoms with E-state index in [-0.39, 0.29) is 10.2 Å². The smallest absolute Gasteiger partial charge is 0.285 e. The highest BCUT2D eigenvalue weighted by atomic mass is 32.2. The number of ether oxygens (including phenoxy) is 1.